The average Bonchev–Trinajstić information content (AvgIpc) is 2.81. The van der Waals surface area contributed by atoms with E-state index < -0.39 is 26.4 Å². The monoisotopic (exact) mass is 612 g/mol. The van der Waals surface area contributed by atoms with Crippen LogP contribution in [0.25, 0.3) is 0 Å². The molecule has 0 bridgehead atoms. The number of benzene rings is 1. The first-order chi connectivity index (χ1) is 15.7. The molecule has 0 aromatic heterocycles. The molecule has 0 unspecified atom stereocenters. The third-order valence-corrected chi connectivity index (χ3v) is 7.94. The lowest BCUT2D eigenvalue weighted by Crippen LogP contribution is -2.42. The van der Waals surface area contributed by atoms with Gasteiger partial charge in [0.2, 0.25) is 0 Å². The van der Waals surface area contributed by atoms with E-state index in [1.165, 1.54) is 17.9 Å². The van der Waals surface area contributed by atoms with Crippen molar-refractivity contribution in [3.63, 3.8) is 0 Å². The number of nitro groups is 1. The Hall–Kier alpha value is -1.28. The molecule has 0 radical (unpaired) electrons. The highest BCUT2D eigenvalue weighted by Crippen LogP contribution is 2.34. The molecule has 1 aliphatic rings. The lowest BCUT2D eigenvalue weighted by atomic mass is 10.1. The number of carbonyl (C=O) groups is 1. The first-order valence-electron chi connectivity index (χ1n) is 10.6. The van der Waals surface area contributed by atoms with E-state index in [0.717, 1.165) is 19.2 Å². The zero-order valence-electron chi connectivity index (χ0n) is 18.8. The standard InChI is InChI=1S/C20H30Br2N4O6S/c1-3-33(30,31)19-15-17(26(28)29)16(14-18(19)25(6-4-21)7-5-22)20(27)23(2)8-9-24-10-12-32-13-11-24/h14-15H,3-13H2,1-2H3. The second kappa shape index (κ2) is 13.0. The van der Waals surface area contributed by atoms with Crippen LogP contribution in [0.3, 0.4) is 0 Å². The molecule has 1 aliphatic heterocycles. The highest BCUT2D eigenvalue weighted by atomic mass is 79.9. The molecule has 1 aromatic carbocycles. The predicted octanol–water partition coefficient (Wildman–Crippen LogP) is 2.39. The van der Waals surface area contributed by atoms with Crippen molar-refractivity contribution in [3.05, 3.63) is 27.8 Å². The summed E-state index contributed by atoms with van der Waals surface area (Å²) in [6.45, 7) is 6.23. The zero-order chi connectivity index (χ0) is 24.6. The number of carbonyl (C=O) groups excluding carboxylic acids is 1. The van der Waals surface area contributed by atoms with Crippen LogP contribution in [-0.2, 0) is 14.6 Å². The van der Waals surface area contributed by atoms with Gasteiger partial charge in [-0.05, 0) is 6.07 Å². The Balaban J connectivity index is 2.49. The molecule has 186 valence electrons. The SMILES string of the molecule is CCS(=O)(=O)c1cc([N+](=O)[O-])c(C(=O)N(C)CCN2CCOCC2)cc1N(CCBr)CCBr. The summed E-state index contributed by atoms with van der Waals surface area (Å²) in [7, 11) is -2.18. The number of anilines is 1. The van der Waals surface area contributed by atoms with E-state index in [4.69, 9.17) is 4.74 Å². The van der Waals surface area contributed by atoms with Gasteiger partial charge in [-0.15, -0.1) is 0 Å². The Morgan fingerprint density at radius 2 is 1.79 bits per heavy atom. The van der Waals surface area contributed by atoms with Gasteiger partial charge in [0.05, 0.1) is 34.5 Å². The van der Waals surface area contributed by atoms with Crippen LogP contribution in [-0.4, -0.2) is 105 Å². The summed E-state index contributed by atoms with van der Waals surface area (Å²) >= 11 is 6.75. The van der Waals surface area contributed by atoms with Crippen LogP contribution in [0.4, 0.5) is 11.4 Å². The predicted molar refractivity (Wildman–Crippen MR) is 135 cm³/mol. The Morgan fingerprint density at radius 3 is 2.30 bits per heavy atom. The third kappa shape index (κ3) is 7.35. The molecule has 0 saturated carbocycles. The van der Waals surface area contributed by atoms with Crippen molar-refractivity contribution in [1.29, 1.82) is 0 Å². The quantitative estimate of drug-likeness (QED) is 0.201. The minimum atomic E-state index is -3.77. The van der Waals surface area contributed by atoms with Gasteiger partial charge >= 0.3 is 0 Å². The lowest BCUT2D eigenvalue weighted by molar-refractivity contribution is -0.385. The molecule has 1 fully saturated rings. The summed E-state index contributed by atoms with van der Waals surface area (Å²) in [6.07, 6.45) is 0. The third-order valence-electron chi connectivity index (χ3n) is 5.47. The van der Waals surface area contributed by atoms with Crippen molar-refractivity contribution in [2.75, 3.05) is 80.8 Å². The van der Waals surface area contributed by atoms with E-state index in [0.29, 0.717) is 55.7 Å². The topological polar surface area (TPSA) is 113 Å². The van der Waals surface area contributed by atoms with Crippen LogP contribution < -0.4 is 4.90 Å². The molecule has 0 aliphatic carbocycles. The number of halogens is 2. The van der Waals surface area contributed by atoms with Gasteiger partial charge in [0.1, 0.15) is 5.56 Å². The second-order valence-electron chi connectivity index (χ2n) is 7.54. The number of nitrogens with zero attached hydrogens (tertiary/aromatic N) is 4. The molecular formula is C20H30Br2N4O6S. The summed E-state index contributed by atoms with van der Waals surface area (Å²) in [5, 5.41) is 13.0. The van der Waals surface area contributed by atoms with Crippen LogP contribution in [0.15, 0.2) is 17.0 Å². The molecule has 0 atom stereocenters. The van der Waals surface area contributed by atoms with Crippen molar-refractivity contribution in [2.24, 2.45) is 0 Å². The van der Waals surface area contributed by atoms with E-state index in [9.17, 15) is 23.3 Å². The van der Waals surface area contributed by atoms with Gasteiger partial charge in [-0.1, -0.05) is 38.8 Å². The molecule has 0 spiro atoms. The van der Waals surface area contributed by atoms with Crippen LogP contribution in [0.2, 0.25) is 0 Å². The summed E-state index contributed by atoms with van der Waals surface area (Å²) in [4.78, 5) is 29.7. The number of nitro benzene ring substituents is 1. The van der Waals surface area contributed by atoms with Crippen LogP contribution in [0, 0.1) is 10.1 Å². The molecular weight excluding hydrogens is 584 g/mol. The fourth-order valence-electron chi connectivity index (χ4n) is 3.51. The number of sulfone groups is 1. The minimum absolute atomic E-state index is 0.122. The number of hydrogen-bond acceptors (Lipinski definition) is 8. The van der Waals surface area contributed by atoms with Crippen LogP contribution >= 0.6 is 31.9 Å². The molecule has 1 amide bonds. The smallest absolute Gasteiger partial charge is 0.283 e. The van der Waals surface area contributed by atoms with Crippen molar-refractivity contribution in [1.82, 2.24) is 9.80 Å². The minimum Gasteiger partial charge on any atom is -0.379 e. The maximum atomic E-state index is 13.3. The van der Waals surface area contributed by atoms with Crippen molar-refractivity contribution in [3.8, 4) is 0 Å². The molecule has 13 heteroatoms. The average molecular weight is 614 g/mol. The van der Waals surface area contributed by atoms with E-state index in [1.54, 1.807) is 11.9 Å². The first-order valence-corrected chi connectivity index (χ1v) is 14.5. The summed E-state index contributed by atoms with van der Waals surface area (Å²) in [5.74, 6) is -0.727. The number of alkyl halides is 2. The van der Waals surface area contributed by atoms with Gasteiger partial charge in [0.25, 0.3) is 11.6 Å². The molecule has 1 aromatic rings. The molecule has 10 nitrogen and oxygen atoms in total. The van der Waals surface area contributed by atoms with E-state index >= 15 is 0 Å². The fourth-order valence-corrected chi connectivity index (χ4v) is 5.48. The van der Waals surface area contributed by atoms with Gasteiger partial charge < -0.3 is 14.5 Å². The molecule has 33 heavy (non-hydrogen) atoms. The number of likely N-dealkylation sites (N-methyl/N-ethyl adjacent to an activating group) is 1. The summed E-state index contributed by atoms with van der Waals surface area (Å²) in [6, 6.07) is 2.40. The number of rotatable bonds is 12. The molecule has 1 heterocycles. The Kier molecular flexibility index (Phi) is 11.0. The Morgan fingerprint density at radius 1 is 1.18 bits per heavy atom. The van der Waals surface area contributed by atoms with Gasteiger partial charge in [-0.2, -0.15) is 0 Å². The van der Waals surface area contributed by atoms with E-state index in [2.05, 4.69) is 36.8 Å². The van der Waals surface area contributed by atoms with Crippen LogP contribution in [0.1, 0.15) is 17.3 Å². The van der Waals surface area contributed by atoms with Gasteiger partial charge in [0, 0.05) is 63.0 Å². The highest BCUT2D eigenvalue weighted by Gasteiger charge is 2.31. The highest BCUT2D eigenvalue weighted by molar-refractivity contribution is 9.09. The fraction of sp³-hybridized carbons (Fsp3) is 0.650. The molecule has 0 N–H and O–H groups in total. The normalized spacial score (nSPS) is 14.8. The first kappa shape index (κ1) is 28.0. The largest absolute Gasteiger partial charge is 0.379 e. The van der Waals surface area contributed by atoms with E-state index in [1.807, 2.05) is 0 Å². The van der Waals surface area contributed by atoms with Crippen LogP contribution in [0.5, 0.6) is 0 Å². The summed E-state index contributed by atoms with van der Waals surface area (Å²) in [5.41, 5.74) is -0.332. The number of morpholine rings is 1. The number of amides is 1. The molecule has 2 rings (SSSR count). The summed E-state index contributed by atoms with van der Waals surface area (Å²) < 4.78 is 31.0. The maximum Gasteiger partial charge on any atom is 0.283 e. The zero-order valence-corrected chi connectivity index (χ0v) is 22.8. The van der Waals surface area contributed by atoms with Crippen molar-refractivity contribution < 1.29 is 22.9 Å². The van der Waals surface area contributed by atoms with Gasteiger partial charge in [0.15, 0.2) is 9.84 Å². The van der Waals surface area contributed by atoms with Gasteiger partial charge in [-0.3, -0.25) is 19.8 Å². The number of ether oxygens (including phenoxy) is 1. The Bertz CT molecular complexity index is 935. The molecule has 1 saturated heterocycles. The maximum absolute atomic E-state index is 13.3. The second-order valence-corrected chi connectivity index (χ2v) is 11.4. The Labute approximate surface area is 211 Å². The lowest BCUT2D eigenvalue weighted by Gasteiger charge is -2.29. The van der Waals surface area contributed by atoms with E-state index in [-0.39, 0.29) is 16.2 Å². The van der Waals surface area contributed by atoms with Gasteiger partial charge in [-0.25, -0.2) is 8.42 Å². The number of hydrogen-bond donors (Lipinski definition) is 0. The van der Waals surface area contributed by atoms with Crippen molar-refractivity contribution >= 4 is 59.0 Å². The van der Waals surface area contributed by atoms with Crippen molar-refractivity contribution in [2.45, 2.75) is 11.8 Å².